The van der Waals surface area contributed by atoms with Crippen LogP contribution in [-0.4, -0.2) is 43.1 Å². The van der Waals surface area contributed by atoms with Gasteiger partial charge in [-0.2, -0.15) is 0 Å². The maximum absolute atomic E-state index is 10.4. The van der Waals surface area contributed by atoms with Crippen molar-refractivity contribution in [3.63, 3.8) is 0 Å². The van der Waals surface area contributed by atoms with Gasteiger partial charge in [0.2, 0.25) is 5.88 Å². The normalized spacial score (nSPS) is 20.2. The van der Waals surface area contributed by atoms with Gasteiger partial charge in [0, 0.05) is 12.3 Å². The van der Waals surface area contributed by atoms with Crippen LogP contribution in [0.2, 0.25) is 0 Å². The number of ether oxygens (including phenoxy) is 2. The molecule has 0 amide bonds. The van der Waals surface area contributed by atoms with Crippen LogP contribution in [0.1, 0.15) is 31.7 Å². The standard InChI is InChI=1S/C17H20N6O3/c1-25-10-6-7-19-13(8-10)26-17-14-15(18)20-9-21-16(14)23(22-17)11-4-2-3-5-12(11)24/h6-9,11-12,24H,2-5H2,1H3,(H2,18,20,21)/t11-,12+/m1/s1. The Hall–Kier alpha value is -2.94. The molecule has 1 saturated carbocycles. The van der Waals surface area contributed by atoms with Crippen LogP contribution in [0.15, 0.2) is 24.7 Å². The molecule has 3 N–H and O–H groups in total. The van der Waals surface area contributed by atoms with Gasteiger partial charge in [-0.1, -0.05) is 12.8 Å². The number of methoxy groups -OCH3 is 1. The van der Waals surface area contributed by atoms with Gasteiger partial charge in [0.15, 0.2) is 5.65 Å². The first kappa shape index (κ1) is 16.5. The summed E-state index contributed by atoms with van der Waals surface area (Å²) >= 11 is 0. The highest BCUT2D eigenvalue weighted by molar-refractivity contribution is 5.90. The average molecular weight is 356 g/mol. The molecular formula is C17H20N6O3. The Labute approximate surface area is 149 Å². The fourth-order valence-electron chi connectivity index (χ4n) is 3.32. The second-order valence-corrected chi connectivity index (χ2v) is 6.26. The molecule has 0 radical (unpaired) electrons. The Morgan fingerprint density at radius 3 is 2.88 bits per heavy atom. The number of aliphatic hydroxyl groups excluding tert-OH is 1. The minimum atomic E-state index is -0.481. The van der Waals surface area contributed by atoms with Crippen molar-refractivity contribution in [3.8, 4) is 17.5 Å². The minimum Gasteiger partial charge on any atom is -0.497 e. The second-order valence-electron chi connectivity index (χ2n) is 6.26. The minimum absolute atomic E-state index is 0.170. The van der Waals surface area contributed by atoms with Crippen molar-refractivity contribution < 1.29 is 14.6 Å². The summed E-state index contributed by atoms with van der Waals surface area (Å²) in [4.78, 5) is 12.5. The Balaban J connectivity index is 1.79. The third-order valence-electron chi connectivity index (χ3n) is 4.64. The van der Waals surface area contributed by atoms with Crippen molar-refractivity contribution in [1.29, 1.82) is 0 Å². The Bertz CT molecular complexity index is 928. The van der Waals surface area contributed by atoms with Gasteiger partial charge in [-0.15, -0.1) is 5.10 Å². The smallest absolute Gasteiger partial charge is 0.253 e. The number of hydrogen-bond acceptors (Lipinski definition) is 8. The molecule has 0 saturated heterocycles. The number of nitrogens with two attached hydrogens (primary N) is 1. The molecule has 136 valence electrons. The largest absolute Gasteiger partial charge is 0.497 e. The van der Waals surface area contributed by atoms with E-state index in [9.17, 15) is 5.11 Å². The van der Waals surface area contributed by atoms with E-state index in [-0.39, 0.29) is 17.7 Å². The lowest BCUT2D eigenvalue weighted by atomic mass is 9.93. The van der Waals surface area contributed by atoms with E-state index in [1.165, 1.54) is 6.33 Å². The average Bonchev–Trinajstić information content (AvgIpc) is 3.02. The van der Waals surface area contributed by atoms with Crippen molar-refractivity contribution >= 4 is 16.9 Å². The SMILES string of the molecule is COc1ccnc(Oc2nn([C@@H]3CCCC[C@@H]3O)c3ncnc(N)c23)c1. The molecule has 9 heteroatoms. The summed E-state index contributed by atoms with van der Waals surface area (Å²) < 4.78 is 12.7. The molecule has 3 aromatic heterocycles. The van der Waals surface area contributed by atoms with Crippen LogP contribution in [0.4, 0.5) is 5.82 Å². The van der Waals surface area contributed by atoms with E-state index >= 15 is 0 Å². The quantitative estimate of drug-likeness (QED) is 0.729. The molecule has 1 fully saturated rings. The number of aromatic nitrogens is 5. The first-order valence-corrected chi connectivity index (χ1v) is 8.52. The number of rotatable bonds is 4. The fourth-order valence-corrected chi connectivity index (χ4v) is 3.32. The molecule has 0 unspecified atom stereocenters. The molecule has 3 heterocycles. The van der Waals surface area contributed by atoms with Gasteiger partial charge < -0.3 is 20.3 Å². The highest BCUT2D eigenvalue weighted by atomic mass is 16.5. The van der Waals surface area contributed by atoms with Gasteiger partial charge in [0.1, 0.15) is 23.3 Å². The lowest BCUT2D eigenvalue weighted by molar-refractivity contribution is 0.0708. The van der Waals surface area contributed by atoms with Gasteiger partial charge >= 0.3 is 0 Å². The number of anilines is 1. The van der Waals surface area contributed by atoms with Crippen molar-refractivity contribution in [3.05, 3.63) is 24.7 Å². The number of fused-ring (bicyclic) bond motifs is 1. The lowest BCUT2D eigenvalue weighted by Gasteiger charge is -2.27. The first-order valence-electron chi connectivity index (χ1n) is 8.52. The van der Waals surface area contributed by atoms with Gasteiger partial charge in [-0.3, -0.25) is 0 Å². The van der Waals surface area contributed by atoms with Crippen molar-refractivity contribution in [2.45, 2.75) is 37.8 Å². The van der Waals surface area contributed by atoms with Crippen LogP contribution >= 0.6 is 0 Å². The Morgan fingerprint density at radius 2 is 2.08 bits per heavy atom. The van der Waals surface area contributed by atoms with Gasteiger partial charge in [-0.05, 0) is 18.9 Å². The van der Waals surface area contributed by atoms with Crippen LogP contribution in [-0.2, 0) is 0 Å². The van der Waals surface area contributed by atoms with Crippen molar-refractivity contribution in [1.82, 2.24) is 24.7 Å². The molecule has 0 aliphatic heterocycles. The maximum Gasteiger partial charge on any atom is 0.253 e. The number of hydrogen-bond donors (Lipinski definition) is 2. The summed E-state index contributed by atoms with van der Waals surface area (Å²) in [5, 5.41) is 15.5. The summed E-state index contributed by atoms with van der Waals surface area (Å²) in [5.41, 5.74) is 6.60. The van der Waals surface area contributed by atoms with Crippen LogP contribution in [0.25, 0.3) is 11.0 Å². The number of nitrogens with zero attached hydrogens (tertiary/aromatic N) is 5. The predicted molar refractivity (Wildman–Crippen MR) is 94.1 cm³/mol. The van der Waals surface area contributed by atoms with Gasteiger partial charge in [0.05, 0.1) is 19.3 Å². The highest BCUT2D eigenvalue weighted by Gasteiger charge is 2.29. The molecule has 26 heavy (non-hydrogen) atoms. The molecule has 9 nitrogen and oxygen atoms in total. The van der Waals surface area contributed by atoms with E-state index in [1.807, 2.05) is 0 Å². The molecular weight excluding hydrogens is 336 g/mol. The van der Waals surface area contributed by atoms with Gasteiger partial charge in [-0.25, -0.2) is 19.6 Å². The number of pyridine rings is 1. The van der Waals surface area contributed by atoms with Crippen LogP contribution < -0.4 is 15.2 Å². The van der Waals surface area contributed by atoms with Crippen molar-refractivity contribution in [2.75, 3.05) is 12.8 Å². The lowest BCUT2D eigenvalue weighted by Crippen LogP contribution is -2.28. The molecule has 0 bridgehead atoms. The molecule has 0 spiro atoms. The van der Waals surface area contributed by atoms with Crippen LogP contribution in [0.3, 0.4) is 0 Å². The monoisotopic (exact) mass is 356 g/mol. The van der Waals surface area contributed by atoms with E-state index in [2.05, 4.69) is 20.1 Å². The molecule has 1 aliphatic carbocycles. The van der Waals surface area contributed by atoms with E-state index < -0.39 is 6.10 Å². The van der Waals surface area contributed by atoms with Crippen LogP contribution in [0.5, 0.6) is 17.5 Å². The fraction of sp³-hybridized carbons (Fsp3) is 0.412. The third kappa shape index (κ3) is 2.90. The topological polar surface area (TPSA) is 121 Å². The van der Waals surface area contributed by atoms with Crippen molar-refractivity contribution in [2.24, 2.45) is 0 Å². The third-order valence-corrected chi connectivity index (χ3v) is 4.64. The number of aliphatic hydroxyl groups is 1. The molecule has 0 aromatic carbocycles. The Morgan fingerprint density at radius 1 is 1.23 bits per heavy atom. The first-order chi connectivity index (χ1) is 12.7. The van der Waals surface area contributed by atoms with E-state index in [0.29, 0.717) is 22.7 Å². The molecule has 4 rings (SSSR count). The zero-order valence-corrected chi connectivity index (χ0v) is 14.4. The Kier molecular flexibility index (Phi) is 4.29. The summed E-state index contributed by atoms with van der Waals surface area (Å²) in [5.74, 6) is 1.47. The summed E-state index contributed by atoms with van der Waals surface area (Å²) in [6, 6.07) is 3.20. The van der Waals surface area contributed by atoms with Gasteiger partial charge in [0.25, 0.3) is 5.88 Å². The molecule has 1 aliphatic rings. The molecule has 2 atom stereocenters. The summed E-state index contributed by atoms with van der Waals surface area (Å²) in [7, 11) is 1.57. The predicted octanol–water partition coefficient (Wildman–Crippen LogP) is 2.08. The van der Waals surface area contributed by atoms with E-state index in [1.54, 1.807) is 30.1 Å². The maximum atomic E-state index is 10.4. The highest BCUT2D eigenvalue weighted by Crippen LogP contribution is 2.36. The zero-order valence-electron chi connectivity index (χ0n) is 14.4. The summed E-state index contributed by atoms with van der Waals surface area (Å²) in [6.07, 6.45) is 6.07. The number of nitrogen functional groups attached to an aromatic ring is 1. The zero-order chi connectivity index (χ0) is 18.1. The summed E-state index contributed by atoms with van der Waals surface area (Å²) in [6.45, 7) is 0. The second kappa shape index (κ2) is 6.75. The van der Waals surface area contributed by atoms with E-state index in [4.69, 9.17) is 15.2 Å². The molecule has 3 aromatic rings. The van der Waals surface area contributed by atoms with E-state index in [0.717, 1.165) is 25.7 Å². The van der Waals surface area contributed by atoms with Crippen LogP contribution in [0, 0.1) is 0 Å².